The monoisotopic (exact) mass is 296 g/mol. The standard InChI is InChI=1S/C15H12N4O3/c1-19-13(9-4-3-7-17-8-9)18-10-5-2-6-11(22-15(16)21)12(10)14(19)20/h2-8H,1H3,(H2,16,21). The maximum atomic E-state index is 12.6. The molecule has 1 aromatic carbocycles. The van der Waals surface area contributed by atoms with Crippen LogP contribution < -0.4 is 16.0 Å². The molecule has 3 aromatic rings. The summed E-state index contributed by atoms with van der Waals surface area (Å²) < 4.78 is 6.26. The number of ether oxygens (including phenoxy) is 1. The molecule has 3 rings (SSSR count). The highest BCUT2D eigenvalue weighted by atomic mass is 16.5. The van der Waals surface area contributed by atoms with Crippen molar-refractivity contribution >= 4 is 17.0 Å². The van der Waals surface area contributed by atoms with Gasteiger partial charge in [0, 0.05) is 25.0 Å². The van der Waals surface area contributed by atoms with Gasteiger partial charge in [-0.1, -0.05) is 6.07 Å². The lowest BCUT2D eigenvalue weighted by molar-refractivity contribution is 0.211. The molecule has 1 amide bonds. The van der Waals surface area contributed by atoms with Gasteiger partial charge in [-0.15, -0.1) is 0 Å². The maximum absolute atomic E-state index is 12.6. The van der Waals surface area contributed by atoms with Gasteiger partial charge in [0.2, 0.25) is 0 Å². The average molecular weight is 296 g/mol. The highest BCUT2D eigenvalue weighted by molar-refractivity contribution is 5.87. The Labute approximate surface area is 125 Å². The summed E-state index contributed by atoms with van der Waals surface area (Å²) in [7, 11) is 1.60. The van der Waals surface area contributed by atoms with Crippen molar-refractivity contribution in [3.8, 4) is 17.1 Å². The number of amides is 1. The van der Waals surface area contributed by atoms with E-state index in [9.17, 15) is 9.59 Å². The van der Waals surface area contributed by atoms with E-state index in [0.29, 0.717) is 16.9 Å². The lowest BCUT2D eigenvalue weighted by atomic mass is 10.2. The van der Waals surface area contributed by atoms with E-state index in [2.05, 4.69) is 9.97 Å². The Hall–Kier alpha value is -3.22. The molecular formula is C15H12N4O3. The number of nitrogens with two attached hydrogens (primary N) is 1. The summed E-state index contributed by atoms with van der Waals surface area (Å²) >= 11 is 0. The summed E-state index contributed by atoms with van der Waals surface area (Å²) in [5.41, 5.74) is 5.82. The van der Waals surface area contributed by atoms with Crippen LogP contribution in [0.25, 0.3) is 22.3 Å². The summed E-state index contributed by atoms with van der Waals surface area (Å²) in [4.78, 5) is 32.0. The molecule has 0 aliphatic rings. The first-order valence-corrected chi connectivity index (χ1v) is 6.45. The van der Waals surface area contributed by atoms with Crippen LogP contribution in [0.4, 0.5) is 4.79 Å². The number of carbonyl (C=O) groups is 1. The molecule has 2 aromatic heterocycles. The van der Waals surface area contributed by atoms with Crippen molar-refractivity contribution in [2.24, 2.45) is 12.8 Å². The maximum Gasteiger partial charge on any atom is 0.409 e. The van der Waals surface area contributed by atoms with Crippen molar-refractivity contribution in [1.82, 2.24) is 14.5 Å². The predicted octanol–water partition coefficient (Wildman–Crippen LogP) is 1.45. The van der Waals surface area contributed by atoms with Crippen LogP contribution in [0, 0.1) is 0 Å². The topological polar surface area (TPSA) is 100 Å². The zero-order valence-corrected chi connectivity index (χ0v) is 11.7. The second-order valence-electron chi connectivity index (χ2n) is 4.61. The molecule has 7 heteroatoms. The van der Waals surface area contributed by atoms with Gasteiger partial charge in [0.15, 0.2) is 0 Å². The molecule has 110 valence electrons. The third-order valence-corrected chi connectivity index (χ3v) is 3.20. The number of fused-ring (bicyclic) bond motifs is 1. The summed E-state index contributed by atoms with van der Waals surface area (Å²) in [6, 6.07) is 8.38. The molecule has 0 saturated heterocycles. The fourth-order valence-electron chi connectivity index (χ4n) is 2.23. The Morgan fingerprint density at radius 2 is 2.09 bits per heavy atom. The van der Waals surface area contributed by atoms with Gasteiger partial charge >= 0.3 is 6.09 Å². The molecule has 2 heterocycles. The van der Waals surface area contributed by atoms with Gasteiger partial charge in [0.25, 0.3) is 5.56 Å². The van der Waals surface area contributed by atoms with Crippen LogP contribution in [0.2, 0.25) is 0 Å². The van der Waals surface area contributed by atoms with E-state index in [1.165, 1.54) is 10.6 Å². The number of benzene rings is 1. The summed E-state index contributed by atoms with van der Waals surface area (Å²) in [5.74, 6) is 0.567. The Bertz CT molecular complexity index is 919. The first-order chi connectivity index (χ1) is 10.6. The van der Waals surface area contributed by atoms with Gasteiger partial charge in [0.1, 0.15) is 17.0 Å². The van der Waals surface area contributed by atoms with E-state index < -0.39 is 6.09 Å². The molecule has 0 aliphatic carbocycles. The number of aromatic nitrogens is 3. The number of hydrogen-bond acceptors (Lipinski definition) is 5. The van der Waals surface area contributed by atoms with Crippen LogP contribution in [0.3, 0.4) is 0 Å². The van der Waals surface area contributed by atoms with Crippen molar-refractivity contribution in [1.29, 1.82) is 0 Å². The van der Waals surface area contributed by atoms with Gasteiger partial charge in [-0.25, -0.2) is 9.78 Å². The lowest BCUT2D eigenvalue weighted by Gasteiger charge is -2.11. The van der Waals surface area contributed by atoms with Crippen LogP contribution in [-0.2, 0) is 7.05 Å². The largest absolute Gasteiger partial charge is 0.410 e. The first kappa shape index (κ1) is 13.7. The minimum atomic E-state index is -0.981. The average Bonchev–Trinajstić information content (AvgIpc) is 2.51. The van der Waals surface area contributed by atoms with Gasteiger partial charge in [-0.05, 0) is 24.3 Å². The zero-order chi connectivity index (χ0) is 15.7. The van der Waals surface area contributed by atoms with E-state index in [-0.39, 0.29) is 16.7 Å². The molecule has 0 saturated carbocycles. The van der Waals surface area contributed by atoms with Crippen LogP contribution in [-0.4, -0.2) is 20.6 Å². The van der Waals surface area contributed by atoms with Crippen LogP contribution in [0.15, 0.2) is 47.5 Å². The molecule has 0 aliphatic heterocycles. The third kappa shape index (κ3) is 2.28. The summed E-state index contributed by atoms with van der Waals surface area (Å²) in [6.07, 6.45) is 2.28. The van der Waals surface area contributed by atoms with Crippen LogP contribution in [0.5, 0.6) is 5.75 Å². The number of rotatable bonds is 2. The minimum absolute atomic E-state index is 0.0934. The molecule has 0 fully saturated rings. The fraction of sp³-hybridized carbons (Fsp3) is 0.0667. The molecule has 7 nitrogen and oxygen atoms in total. The predicted molar refractivity (Wildman–Crippen MR) is 80.4 cm³/mol. The molecular weight excluding hydrogens is 284 g/mol. The number of carbonyl (C=O) groups excluding carboxylic acids is 1. The fourth-order valence-corrected chi connectivity index (χ4v) is 2.23. The van der Waals surface area contributed by atoms with Crippen molar-refractivity contribution in [3.63, 3.8) is 0 Å². The zero-order valence-electron chi connectivity index (χ0n) is 11.7. The molecule has 0 bridgehead atoms. The third-order valence-electron chi connectivity index (χ3n) is 3.20. The molecule has 0 radical (unpaired) electrons. The number of hydrogen-bond donors (Lipinski definition) is 1. The van der Waals surface area contributed by atoms with Crippen molar-refractivity contribution < 1.29 is 9.53 Å². The molecule has 0 spiro atoms. The molecule has 2 N–H and O–H groups in total. The number of nitrogens with zero attached hydrogens (tertiary/aromatic N) is 3. The number of pyridine rings is 1. The van der Waals surface area contributed by atoms with Gasteiger partial charge in [0.05, 0.1) is 5.52 Å². The Balaban J connectivity index is 2.31. The Kier molecular flexibility index (Phi) is 3.30. The lowest BCUT2D eigenvalue weighted by Crippen LogP contribution is -2.23. The van der Waals surface area contributed by atoms with E-state index in [1.54, 1.807) is 37.6 Å². The second kappa shape index (κ2) is 5.28. The van der Waals surface area contributed by atoms with Gasteiger partial charge < -0.3 is 10.5 Å². The van der Waals surface area contributed by atoms with E-state index in [0.717, 1.165) is 0 Å². The summed E-state index contributed by atoms with van der Waals surface area (Å²) in [5, 5.41) is 0.205. The number of primary amides is 1. The summed E-state index contributed by atoms with van der Waals surface area (Å²) in [6.45, 7) is 0. The van der Waals surface area contributed by atoms with Crippen molar-refractivity contribution in [2.45, 2.75) is 0 Å². The SMILES string of the molecule is Cn1c(-c2cccnc2)nc2cccc(OC(N)=O)c2c1=O. The van der Waals surface area contributed by atoms with Crippen molar-refractivity contribution in [2.75, 3.05) is 0 Å². The normalized spacial score (nSPS) is 10.6. The second-order valence-corrected chi connectivity index (χ2v) is 4.61. The van der Waals surface area contributed by atoms with Crippen molar-refractivity contribution in [3.05, 3.63) is 53.1 Å². The molecule has 22 heavy (non-hydrogen) atoms. The van der Waals surface area contributed by atoms with Crippen LogP contribution in [0.1, 0.15) is 0 Å². The highest BCUT2D eigenvalue weighted by Gasteiger charge is 2.15. The van der Waals surface area contributed by atoms with Gasteiger partial charge in [-0.2, -0.15) is 0 Å². The van der Waals surface area contributed by atoms with E-state index in [1.807, 2.05) is 6.07 Å². The van der Waals surface area contributed by atoms with E-state index >= 15 is 0 Å². The smallest absolute Gasteiger partial charge is 0.409 e. The van der Waals surface area contributed by atoms with E-state index in [4.69, 9.17) is 10.5 Å². The Morgan fingerprint density at radius 1 is 1.27 bits per heavy atom. The first-order valence-electron chi connectivity index (χ1n) is 6.45. The van der Waals surface area contributed by atoms with Gasteiger partial charge in [-0.3, -0.25) is 14.3 Å². The molecule has 0 atom stereocenters. The highest BCUT2D eigenvalue weighted by Crippen LogP contribution is 2.23. The Morgan fingerprint density at radius 3 is 2.77 bits per heavy atom. The molecule has 0 unspecified atom stereocenters. The van der Waals surface area contributed by atoms with Crippen LogP contribution >= 0.6 is 0 Å². The minimum Gasteiger partial charge on any atom is -0.410 e. The quantitative estimate of drug-likeness (QED) is 0.771.